The van der Waals surface area contributed by atoms with Crippen molar-refractivity contribution < 1.29 is 15.2 Å². The summed E-state index contributed by atoms with van der Waals surface area (Å²) in [6, 6.07) is 3.16. The second-order valence-corrected chi connectivity index (χ2v) is 5.32. The zero-order valence-corrected chi connectivity index (χ0v) is 12.0. The minimum Gasteiger partial charge on any atom is -0.493 e. The molecule has 2 aliphatic rings. The van der Waals surface area contributed by atoms with Crippen molar-refractivity contribution in [2.75, 3.05) is 37.5 Å². The Hall–Kier alpha value is -1.87. The van der Waals surface area contributed by atoms with E-state index >= 15 is 0 Å². The van der Waals surface area contributed by atoms with Gasteiger partial charge in [0, 0.05) is 19.0 Å². The van der Waals surface area contributed by atoms with Crippen molar-refractivity contribution in [1.29, 1.82) is 0 Å². The van der Waals surface area contributed by atoms with E-state index in [-0.39, 0.29) is 18.4 Å². The summed E-state index contributed by atoms with van der Waals surface area (Å²) in [5.74, 6) is 0.985. The molecule has 1 aromatic rings. The minimum atomic E-state index is -0.317. The van der Waals surface area contributed by atoms with Crippen molar-refractivity contribution in [2.24, 2.45) is 10.8 Å². The highest BCUT2D eigenvalue weighted by Gasteiger charge is 2.32. The molecule has 2 heterocycles. The van der Waals surface area contributed by atoms with E-state index in [4.69, 9.17) is 10.5 Å². The fourth-order valence-electron chi connectivity index (χ4n) is 2.60. The average molecular weight is 293 g/mol. The second kappa shape index (κ2) is 5.15. The number of benzene rings is 1. The Morgan fingerprint density at radius 2 is 2.14 bits per heavy atom. The third-order valence-electron chi connectivity index (χ3n) is 3.79. The van der Waals surface area contributed by atoms with Crippen molar-refractivity contribution in [1.82, 2.24) is 4.90 Å². The molecule has 0 amide bonds. The molecule has 0 bridgehead atoms. The van der Waals surface area contributed by atoms with Crippen molar-refractivity contribution >= 4 is 17.2 Å². The zero-order valence-electron chi connectivity index (χ0n) is 12.0. The lowest BCUT2D eigenvalue weighted by molar-refractivity contribution is 0.236. The highest BCUT2D eigenvalue weighted by molar-refractivity contribution is 6.04. The standard InChI is InChI=1S/C13H19N5O3/c1-16(2)11(7-14)13-15-18(20)10-6-12-8(3-4-21-12)5-9(10)17(13)19/h5-6,11,19-20H,3-4,7,14H2,1-2H3. The normalized spacial score (nSPS) is 18.3. The Morgan fingerprint density at radius 1 is 1.38 bits per heavy atom. The number of fused-ring (bicyclic) bond motifs is 2. The van der Waals surface area contributed by atoms with E-state index < -0.39 is 0 Å². The third-order valence-corrected chi connectivity index (χ3v) is 3.79. The Bertz CT molecular complexity index is 589. The van der Waals surface area contributed by atoms with Crippen LogP contribution in [-0.2, 0) is 6.42 Å². The lowest BCUT2D eigenvalue weighted by Crippen LogP contribution is -2.51. The molecule has 0 fully saturated rings. The summed E-state index contributed by atoms with van der Waals surface area (Å²) in [6.07, 6.45) is 0.780. The van der Waals surface area contributed by atoms with Gasteiger partial charge in [-0.2, -0.15) is 0 Å². The van der Waals surface area contributed by atoms with Crippen LogP contribution in [0.25, 0.3) is 0 Å². The molecule has 8 nitrogen and oxygen atoms in total. The van der Waals surface area contributed by atoms with Crippen LogP contribution < -0.4 is 20.7 Å². The maximum absolute atomic E-state index is 10.5. The molecule has 2 aliphatic heterocycles. The van der Waals surface area contributed by atoms with Gasteiger partial charge in [-0.3, -0.25) is 15.3 Å². The smallest absolute Gasteiger partial charge is 0.175 e. The number of hydroxylamine groups is 1. The fourth-order valence-corrected chi connectivity index (χ4v) is 2.60. The predicted molar refractivity (Wildman–Crippen MR) is 78.1 cm³/mol. The number of anilines is 2. The first kappa shape index (κ1) is 14.1. The van der Waals surface area contributed by atoms with Gasteiger partial charge in [-0.15, -0.1) is 10.3 Å². The molecule has 0 aliphatic carbocycles. The van der Waals surface area contributed by atoms with E-state index in [2.05, 4.69) is 5.10 Å². The van der Waals surface area contributed by atoms with E-state index in [1.165, 1.54) is 0 Å². The summed E-state index contributed by atoms with van der Waals surface area (Å²) in [5.41, 5.74) is 7.58. The molecule has 0 aromatic heterocycles. The topological polar surface area (TPSA) is 97.8 Å². The molecular formula is C13H19N5O3. The number of ether oxygens (including phenoxy) is 1. The second-order valence-electron chi connectivity index (χ2n) is 5.32. The first-order chi connectivity index (χ1) is 10.0. The van der Waals surface area contributed by atoms with Crippen molar-refractivity contribution in [3.63, 3.8) is 0 Å². The zero-order chi connectivity index (χ0) is 15.1. The Morgan fingerprint density at radius 3 is 2.81 bits per heavy atom. The van der Waals surface area contributed by atoms with E-state index in [9.17, 15) is 10.4 Å². The monoisotopic (exact) mass is 293 g/mol. The molecular weight excluding hydrogens is 274 g/mol. The van der Waals surface area contributed by atoms with E-state index in [0.717, 1.165) is 22.2 Å². The average Bonchev–Trinajstić information content (AvgIpc) is 2.90. The highest BCUT2D eigenvalue weighted by Crippen LogP contribution is 2.40. The van der Waals surface area contributed by atoms with Gasteiger partial charge < -0.3 is 10.5 Å². The first-order valence-electron chi connectivity index (χ1n) is 6.75. The van der Waals surface area contributed by atoms with E-state index in [0.29, 0.717) is 23.7 Å². The molecule has 1 unspecified atom stereocenters. The largest absolute Gasteiger partial charge is 0.493 e. The van der Waals surface area contributed by atoms with Gasteiger partial charge in [0.2, 0.25) is 0 Å². The number of nitrogens with zero attached hydrogens (tertiary/aromatic N) is 4. The Balaban J connectivity index is 2.03. The lowest BCUT2D eigenvalue weighted by Gasteiger charge is -2.34. The number of hydrogen-bond acceptors (Lipinski definition) is 8. The fraction of sp³-hybridized carbons (Fsp3) is 0.462. The van der Waals surface area contributed by atoms with Gasteiger partial charge in [-0.25, -0.2) is 5.06 Å². The van der Waals surface area contributed by atoms with Gasteiger partial charge in [0.15, 0.2) is 5.84 Å². The van der Waals surface area contributed by atoms with Crippen molar-refractivity contribution in [3.8, 4) is 5.75 Å². The summed E-state index contributed by atoms with van der Waals surface area (Å²) in [6.45, 7) is 0.867. The predicted octanol–water partition coefficient (Wildman–Crippen LogP) is 0.229. The van der Waals surface area contributed by atoms with Crippen LogP contribution in [0.2, 0.25) is 0 Å². The molecule has 1 atom stereocenters. The van der Waals surface area contributed by atoms with Crippen LogP contribution in [0.5, 0.6) is 5.75 Å². The number of amidine groups is 1. The number of rotatable bonds is 3. The van der Waals surface area contributed by atoms with Gasteiger partial charge in [0.1, 0.15) is 11.4 Å². The van der Waals surface area contributed by atoms with Gasteiger partial charge in [-0.1, -0.05) is 0 Å². The van der Waals surface area contributed by atoms with Crippen LogP contribution in [0.15, 0.2) is 17.2 Å². The number of nitrogens with two attached hydrogens (primary N) is 1. The number of likely N-dealkylation sites (N-methyl/N-ethyl adjacent to an activating group) is 1. The minimum absolute atomic E-state index is 0.264. The van der Waals surface area contributed by atoms with Gasteiger partial charge >= 0.3 is 0 Å². The molecule has 0 saturated carbocycles. The van der Waals surface area contributed by atoms with E-state index in [1.54, 1.807) is 12.1 Å². The molecule has 0 saturated heterocycles. The summed E-state index contributed by atoms with van der Waals surface area (Å²) in [4.78, 5) is 1.83. The van der Waals surface area contributed by atoms with Gasteiger partial charge in [0.25, 0.3) is 0 Å². The summed E-state index contributed by atoms with van der Waals surface area (Å²) in [7, 11) is 3.67. The molecule has 0 radical (unpaired) electrons. The highest BCUT2D eigenvalue weighted by atomic mass is 16.5. The maximum Gasteiger partial charge on any atom is 0.175 e. The van der Waals surface area contributed by atoms with Crippen LogP contribution in [0.1, 0.15) is 5.56 Å². The molecule has 114 valence electrons. The first-order valence-corrected chi connectivity index (χ1v) is 6.75. The third kappa shape index (κ3) is 2.22. The SMILES string of the molecule is CN(C)C(CN)C1=NN(O)c2cc3c(cc2N1O)CCO3. The van der Waals surface area contributed by atoms with Crippen molar-refractivity contribution in [2.45, 2.75) is 12.5 Å². The van der Waals surface area contributed by atoms with Crippen molar-refractivity contribution in [3.05, 3.63) is 17.7 Å². The molecule has 3 rings (SSSR count). The van der Waals surface area contributed by atoms with Crippen LogP contribution in [0, 0.1) is 0 Å². The van der Waals surface area contributed by atoms with E-state index in [1.807, 2.05) is 19.0 Å². The number of hydrazone groups is 1. The molecule has 0 spiro atoms. The Labute approximate surface area is 122 Å². The van der Waals surface area contributed by atoms with Gasteiger partial charge in [0.05, 0.1) is 18.3 Å². The number of hydrogen-bond donors (Lipinski definition) is 3. The molecule has 8 heteroatoms. The maximum atomic E-state index is 10.5. The van der Waals surface area contributed by atoms with Crippen LogP contribution >= 0.6 is 0 Å². The lowest BCUT2D eigenvalue weighted by atomic mass is 10.1. The van der Waals surface area contributed by atoms with Crippen LogP contribution in [-0.4, -0.2) is 54.4 Å². The van der Waals surface area contributed by atoms with Crippen LogP contribution in [0.3, 0.4) is 0 Å². The molecule has 4 N–H and O–H groups in total. The molecule has 1 aromatic carbocycles. The summed E-state index contributed by atoms with van der Waals surface area (Å²) < 4.78 is 5.47. The van der Waals surface area contributed by atoms with Crippen LogP contribution in [0.4, 0.5) is 11.4 Å². The molecule has 21 heavy (non-hydrogen) atoms. The quantitative estimate of drug-likeness (QED) is 0.733. The van der Waals surface area contributed by atoms with Gasteiger partial charge in [-0.05, 0) is 25.7 Å². The summed E-state index contributed by atoms with van der Waals surface area (Å²) in [5, 5.41) is 26.3. The Kier molecular flexibility index (Phi) is 3.46. The summed E-state index contributed by atoms with van der Waals surface area (Å²) >= 11 is 0.